The molecule has 0 fully saturated rings. The lowest BCUT2D eigenvalue weighted by Gasteiger charge is -2.15. The highest BCUT2D eigenvalue weighted by Gasteiger charge is 2.11. The average Bonchev–Trinajstić information content (AvgIpc) is 2.26. The van der Waals surface area contributed by atoms with Crippen LogP contribution in [0.15, 0.2) is 22.9 Å². The van der Waals surface area contributed by atoms with Crippen LogP contribution in [0.1, 0.15) is 6.92 Å². The zero-order chi connectivity index (χ0) is 12.0. The van der Waals surface area contributed by atoms with Crippen LogP contribution in [0.2, 0.25) is 0 Å². The zero-order valence-corrected chi connectivity index (χ0v) is 10.3. The first kappa shape index (κ1) is 12.6. The van der Waals surface area contributed by atoms with Gasteiger partial charge in [0.05, 0.1) is 18.5 Å². The maximum absolute atomic E-state index is 11.2. The van der Waals surface area contributed by atoms with Gasteiger partial charge in [0.2, 0.25) is 6.41 Å². The molecule has 1 amide bonds. The summed E-state index contributed by atoms with van der Waals surface area (Å²) in [7, 11) is 0. The summed E-state index contributed by atoms with van der Waals surface area (Å²) in [6.45, 7) is 1.89. The molecule has 0 unspecified atom stereocenters. The van der Waals surface area contributed by atoms with E-state index in [9.17, 15) is 9.59 Å². The van der Waals surface area contributed by atoms with Crippen LogP contribution in [0.3, 0.4) is 0 Å². The molecule has 0 aliphatic rings. The summed E-state index contributed by atoms with van der Waals surface area (Å²) < 4.78 is 5.49. The van der Waals surface area contributed by atoms with Crippen molar-refractivity contribution >= 4 is 34.0 Å². The van der Waals surface area contributed by atoms with Gasteiger partial charge in [0, 0.05) is 10.7 Å². The number of rotatable bonds is 5. The molecule has 16 heavy (non-hydrogen) atoms. The topological polar surface area (TPSA) is 59.5 Å². The Bertz CT molecular complexity index is 384. The molecular formula is C10H11BrN2O3. The van der Waals surface area contributed by atoms with E-state index in [1.165, 1.54) is 11.1 Å². The summed E-state index contributed by atoms with van der Waals surface area (Å²) in [4.78, 5) is 27.2. The minimum Gasteiger partial charge on any atom is -0.465 e. The highest BCUT2D eigenvalue weighted by molar-refractivity contribution is 9.10. The lowest BCUT2D eigenvalue weighted by molar-refractivity contribution is -0.141. The second-order valence-corrected chi connectivity index (χ2v) is 3.82. The fourth-order valence-electron chi connectivity index (χ4n) is 1.09. The van der Waals surface area contributed by atoms with Gasteiger partial charge >= 0.3 is 5.97 Å². The third-order valence-corrected chi connectivity index (χ3v) is 2.19. The molecule has 0 radical (unpaired) electrons. The van der Waals surface area contributed by atoms with E-state index in [1.54, 1.807) is 19.2 Å². The van der Waals surface area contributed by atoms with Crippen LogP contribution in [0.5, 0.6) is 0 Å². The van der Waals surface area contributed by atoms with E-state index in [2.05, 4.69) is 20.9 Å². The Morgan fingerprint density at radius 1 is 1.62 bits per heavy atom. The normalized spacial score (nSPS) is 9.62. The van der Waals surface area contributed by atoms with E-state index < -0.39 is 5.97 Å². The predicted octanol–water partition coefficient (Wildman–Crippen LogP) is 1.37. The summed E-state index contributed by atoms with van der Waals surface area (Å²) >= 11 is 3.24. The molecule has 0 aliphatic carbocycles. The molecule has 1 aromatic rings. The first-order valence-electron chi connectivity index (χ1n) is 4.65. The molecule has 0 bridgehead atoms. The number of pyridine rings is 1. The first-order chi connectivity index (χ1) is 7.67. The zero-order valence-electron chi connectivity index (χ0n) is 8.72. The molecule has 1 aromatic heterocycles. The van der Waals surface area contributed by atoms with Gasteiger partial charge in [-0.2, -0.15) is 0 Å². The van der Waals surface area contributed by atoms with Gasteiger partial charge in [-0.3, -0.25) is 14.6 Å². The molecule has 0 atom stereocenters. The van der Waals surface area contributed by atoms with Crippen LogP contribution in [-0.4, -0.2) is 30.5 Å². The Morgan fingerprint density at radius 3 is 2.94 bits per heavy atom. The summed E-state index contributed by atoms with van der Waals surface area (Å²) in [5, 5.41) is 0. The molecule has 0 spiro atoms. The van der Waals surface area contributed by atoms with Crippen molar-refractivity contribution in [2.75, 3.05) is 18.1 Å². The molecule has 0 aromatic carbocycles. The number of carbonyl (C=O) groups is 2. The van der Waals surface area contributed by atoms with Crippen LogP contribution in [0.25, 0.3) is 0 Å². The number of anilines is 1. The largest absolute Gasteiger partial charge is 0.465 e. The van der Waals surface area contributed by atoms with Gasteiger partial charge in [-0.05, 0) is 28.9 Å². The van der Waals surface area contributed by atoms with Gasteiger partial charge in [-0.15, -0.1) is 0 Å². The van der Waals surface area contributed by atoms with Crippen LogP contribution in [0.4, 0.5) is 5.69 Å². The smallest absolute Gasteiger partial charge is 0.326 e. The number of ether oxygens (including phenoxy) is 1. The van der Waals surface area contributed by atoms with Gasteiger partial charge in [0.15, 0.2) is 0 Å². The minimum absolute atomic E-state index is 0.116. The number of hydrogen-bond donors (Lipinski definition) is 0. The van der Waals surface area contributed by atoms with Crippen molar-refractivity contribution in [3.8, 4) is 0 Å². The molecule has 5 nitrogen and oxygen atoms in total. The Kier molecular flexibility index (Phi) is 4.91. The molecule has 1 heterocycles. The summed E-state index contributed by atoms with van der Waals surface area (Å²) in [5.41, 5.74) is 0.539. The van der Waals surface area contributed by atoms with E-state index >= 15 is 0 Å². The van der Waals surface area contributed by atoms with Gasteiger partial charge in [0.25, 0.3) is 0 Å². The maximum Gasteiger partial charge on any atom is 0.326 e. The fraction of sp³-hybridized carbons (Fsp3) is 0.300. The average molecular weight is 287 g/mol. The van der Waals surface area contributed by atoms with Gasteiger partial charge in [0.1, 0.15) is 6.54 Å². The third-order valence-electron chi connectivity index (χ3n) is 1.75. The van der Waals surface area contributed by atoms with Crippen molar-refractivity contribution in [1.82, 2.24) is 4.98 Å². The number of halogens is 1. The van der Waals surface area contributed by atoms with E-state index in [0.29, 0.717) is 18.7 Å². The third kappa shape index (κ3) is 3.62. The van der Waals surface area contributed by atoms with Crippen LogP contribution in [0, 0.1) is 0 Å². The van der Waals surface area contributed by atoms with Crippen molar-refractivity contribution < 1.29 is 14.3 Å². The predicted molar refractivity (Wildman–Crippen MR) is 62.0 cm³/mol. The van der Waals surface area contributed by atoms with E-state index in [4.69, 9.17) is 4.74 Å². The maximum atomic E-state index is 11.2. The minimum atomic E-state index is -0.449. The van der Waals surface area contributed by atoms with Crippen LogP contribution in [-0.2, 0) is 14.3 Å². The van der Waals surface area contributed by atoms with E-state index in [-0.39, 0.29) is 6.54 Å². The summed E-state index contributed by atoms with van der Waals surface area (Å²) in [6.07, 6.45) is 3.66. The number of carbonyl (C=O) groups excluding carboxylic acids is 2. The SMILES string of the molecule is CCOC(=O)CN(C=O)c1cncc(Br)c1. The van der Waals surface area contributed by atoms with Crippen LogP contribution >= 0.6 is 15.9 Å². The number of esters is 1. The van der Waals surface area contributed by atoms with Crippen molar-refractivity contribution in [1.29, 1.82) is 0 Å². The van der Waals surface area contributed by atoms with Crippen molar-refractivity contribution in [3.63, 3.8) is 0 Å². The van der Waals surface area contributed by atoms with Crippen LogP contribution < -0.4 is 4.90 Å². The number of amides is 1. The Hall–Kier alpha value is -1.43. The molecular weight excluding hydrogens is 276 g/mol. The number of aromatic nitrogens is 1. The molecule has 86 valence electrons. The van der Waals surface area contributed by atoms with Gasteiger partial charge in [-0.25, -0.2) is 0 Å². The quantitative estimate of drug-likeness (QED) is 0.606. The second-order valence-electron chi connectivity index (χ2n) is 2.90. The van der Waals surface area contributed by atoms with Gasteiger partial charge < -0.3 is 9.64 Å². The van der Waals surface area contributed by atoms with Crippen molar-refractivity contribution in [3.05, 3.63) is 22.9 Å². The standard InChI is InChI=1S/C10H11BrN2O3/c1-2-16-10(15)6-13(7-14)9-3-8(11)4-12-5-9/h3-5,7H,2,6H2,1H3. The molecule has 6 heteroatoms. The molecule has 0 saturated heterocycles. The Balaban J connectivity index is 2.74. The lowest BCUT2D eigenvalue weighted by atomic mass is 10.4. The molecule has 0 N–H and O–H groups in total. The highest BCUT2D eigenvalue weighted by Crippen LogP contribution is 2.16. The van der Waals surface area contributed by atoms with E-state index in [1.807, 2.05) is 0 Å². The lowest BCUT2D eigenvalue weighted by Crippen LogP contribution is -2.29. The fourth-order valence-corrected chi connectivity index (χ4v) is 1.45. The Labute approximate surface area is 102 Å². The summed E-state index contributed by atoms with van der Waals surface area (Å²) in [5.74, 6) is -0.449. The highest BCUT2D eigenvalue weighted by atomic mass is 79.9. The Morgan fingerprint density at radius 2 is 2.38 bits per heavy atom. The number of hydrogen-bond acceptors (Lipinski definition) is 4. The van der Waals surface area contributed by atoms with Crippen molar-refractivity contribution in [2.45, 2.75) is 6.92 Å². The van der Waals surface area contributed by atoms with E-state index in [0.717, 1.165) is 4.47 Å². The summed E-state index contributed by atoms with van der Waals surface area (Å²) in [6, 6.07) is 1.70. The molecule has 0 saturated carbocycles. The molecule has 1 rings (SSSR count). The monoisotopic (exact) mass is 286 g/mol. The second kappa shape index (κ2) is 6.22. The van der Waals surface area contributed by atoms with Gasteiger partial charge in [-0.1, -0.05) is 0 Å². The van der Waals surface area contributed by atoms with Crippen molar-refractivity contribution in [2.24, 2.45) is 0 Å². The first-order valence-corrected chi connectivity index (χ1v) is 5.44. The number of nitrogens with zero attached hydrogens (tertiary/aromatic N) is 2. The molecule has 0 aliphatic heterocycles.